The van der Waals surface area contributed by atoms with Crippen LogP contribution in [0.25, 0.3) is 0 Å². The predicted molar refractivity (Wildman–Crippen MR) is 73.7 cm³/mol. The second-order valence-electron chi connectivity index (χ2n) is 5.65. The minimum absolute atomic E-state index is 0.0587. The normalized spacial score (nSPS) is 18.0. The van der Waals surface area contributed by atoms with Gasteiger partial charge in [-0.2, -0.15) is 0 Å². The first-order valence-electron chi connectivity index (χ1n) is 7.22. The molecule has 0 saturated heterocycles. The molecule has 0 unspecified atom stereocenters. The summed E-state index contributed by atoms with van der Waals surface area (Å²) in [5.74, 6) is -1.01. The third kappa shape index (κ3) is 4.82. The average molecular weight is 270 g/mol. The Kier molecular flexibility index (Phi) is 6.28. The van der Waals surface area contributed by atoms with Gasteiger partial charge in [-0.25, -0.2) is 0 Å². The molecule has 19 heavy (non-hydrogen) atoms. The summed E-state index contributed by atoms with van der Waals surface area (Å²) in [5.41, 5.74) is 5.78. The number of nitrogens with zero attached hydrogens (tertiary/aromatic N) is 1. The number of carbonyl (C=O) groups is 2. The first-order chi connectivity index (χ1) is 9.03. The van der Waals surface area contributed by atoms with Gasteiger partial charge in [0, 0.05) is 13.0 Å². The predicted octanol–water partition coefficient (Wildman–Crippen LogP) is 1.61. The fraction of sp³-hybridized carbons (Fsp3) is 0.857. The Balaban J connectivity index is 2.65. The molecule has 0 spiro atoms. The molecule has 1 fully saturated rings. The third-order valence-corrected chi connectivity index (χ3v) is 4.05. The molecule has 0 heterocycles. The van der Waals surface area contributed by atoms with Gasteiger partial charge in [-0.1, -0.05) is 26.2 Å². The molecular formula is C14H26N2O3. The molecule has 1 amide bonds. The summed E-state index contributed by atoms with van der Waals surface area (Å²) in [6.07, 6.45) is 6.61. The second-order valence-corrected chi connectivity index (χ2v) is 5.65. The Morgan fingerprint density at radius 3 is 2.37 bits per heavy atom. The molecule has 5 heteroatoms. The zero-order valence-corrected chi connectivity index (χ0v) is 11.9. The van der Waals surface area contributed by atoms with Gasteiger partial charge in [-0.3, -0.25) is 9.59 Å². The van der Waals surface area contributed by atoms with Crippen molar-refractivity contribution < 1.29 is 14.7 Å². The van der Waals surface area contributed by atoms with E-state index < -0.39 is 5.97 Å². The molecule has 0 bridgehead atoms. The lowest BCUT2D eigenvalue weighted by Gasteiger charge is -2.37. The van der Waals surface area contributed by atoms with Gasteiger partial charge in [0.2, 0.25) is 5.91 Å². The molecule has 1 aliphatic carbocycles. The smallest absolute Gasteiger partial charge is 0.323 e. The van der Waals surface area contributed by atoms with E-state index in [9.17, 15) is 9.59 Å². The summed E-state index contributed by atoms with van der Waals surface area (Å²) in [6, 6.07) is 0. The van der Waals surface area contributed by atoms with Gasteiger partial charge in [0.1, 0.15) is 6.54 Å². The van der Waals surface area contributed by atoms with E-state index >= 15 is 0 Å². The molecule has 1 aliphatic rings. The lowest BCUT2D eigenvalue weighted by molar-refractivity contribution is -0.145. The molecular weight excluding hydrogens is 244 g/mol. The highest BCUT2D eigenvalue weighted by Crippen LogP contribution is 2.38. The maximum absolute atomic E-state index is 12.3. The van der Waals surface area contributed by atoms with E-state index in [1.165, 1.54) is 11.3 Å². The van der Waals surface area contributed by atoms with Crippen molar-refractivity contribution in [2.45, 2.75) is 51.9 Å². The maximum atomic E-state index is 12.3. The summed E-state index contributed by atoms with van der Waals surface area (Å²) in [7, 11) is 0. The van der Waals surface area contributed by atoms with Gasteiger partial charge in [0.05, 0.1) is 0 Å². The van der Waals surface area contributed by atoms with Gasteiger partial charge in [-0.15, -0.1) is 0 Å². The van der Waals surface area contributed by atoms with Crippen molar-refractivity contribution in [3.8, 4) is 0 Å². The Morgan fingerprint density at radius 2 is 1.89 bits per heavy atom. The zero-order valence-electron chi connectivity index (χ0n) is 11.9. The highest BCUT2D eigenvalue weighted by molar-refractivity contribution is 5.81. The van der Waals surface area contributed by atoms with Crippen molar-refractivity contribution in [3.63, 3.8) is 0 Å². The molecule has 5 nitrogen and oxygen atoms in total. The van der Waals surface area contributed by atoms with Crippen molar-refractivity contribution in [2.24, 2.45) is 11.1 Å². The second kappa shape index (κ2) is 7.48. The lowest BCUT2D eigenvalue weighted by atomic mass is 9.71. The van der Waals surface area contributed by atoms with Crippen LogP contribution in [0.3, 0.4) is 0 Å². The van der Waals surface area contributed by atoms with E-state index in [1.54, 1.807) is 0 Å². The fourth-order valence-electron chi connectivity index (χ4n) is 2.91. The number of aliphatic carboxylic acids is 1. The standard InChI is InChI=1S/C14H26N2O3/c1-2-8-16(10-13(18)19)12(17)9-14(11-15)6-4-3-5-7-14/h2-11,15H2,1H3,(H,18,19). The summed E-state index contributed by atoms with van der Waals surface area (Å²) < 4.78 is 0. The van der Waals surface area contributed by atoms with Crippen molar-refractivity contribution in [1.29, 1.82) is 0 Å². The molecule has 0 aliphatic heterocycles. The van der Waals surface area contributed by atoms with E-state index in [4.69, 9.17) is 10.8 Å². The molecule has 0 radical (unpaired) electrons. The van der Waals surface area contributed by atoms with E-state index in [0.717, 1.165) is 32.1 Å². The maximum Gasteiger partial charge on any atom is 0.323 e. The Hall–Kier alpha value is -1.10. The number of hydrogen-bond donors (Lipinski definition) is 2. The number of carbonyl (C=O) groups excluding carboxylic acids is 1. The SMILES string of the molecule is CCCN(CC(=O)O)C(=O)CC1(CN)CCCCC1. The summed E-state index contributed by atoms with van der Waals surface area (Å²) >= 11 is 0. The van der Waals surface area contributed by atoms with E-state index in [2.05, 4.69) is 0 Å². The molecule has 0 atom stereocenters. The highest BCUT2D eigenvalue weighted by Gasteiger charge is 2.34. The number of amides is 1. The Labute approximate surface area is 115 Å². The van der Waals surface area contributed by atoms with Crippen LogP contribution in [0.5, 0.6) is 0 Å². The molecule has 1 rings (SSSR count). The van der Waals surface area contributed by atoms with Gasteiger partial charge in [-0.05, 0) is 31.2 Å². The monoisotopic (exact) mass is 270 g/mol. The molecule has 110 valence electrons. The summed E-state index contributed by atoms with van der Waals surface area (Å²) in [6.45, 7) is 2.77. The quantitative estimate of drug-likeness (QED) is 0.736. The van der Waals surface area contributed by atoms with Crippen LogP contribution < -0.4 is 5.73 Å². The molecule has 1 saturated carbocycles. The van der Waals surface area contributed by atoms with Crippen molar-refractivity contribution >= 4 is 11.9 Å². The van der Waals surface area contributed by atoms with Crippen molar-refractivity contribution in [2.75, 3.05) is 19.6 Å². The average Bonchev–Trinajstić information content (AvgIpc) is 2.39. The highest BCUT2D eigenvalue weighted by atomic mass is 16.4. The number of rotatable bonds is 7. The van der Waals surface area contributed by atoms with E-state index in [0.29, 0.717) is 19.5 Å². The van der Waals surface area contributed by atoms with Crippen LogP contribution in [0.15, 0.2) is 0 Å². The number of hydrogen-bond acceptors (Lipinski definition) is 3. The van der Waals surface area contributed by atoms with Gasteiger partial charge in [0.15, 0.2) is 0 Å². The first-order valence-corrected chi connectivity index (χ1v) is 7.22. The zero-order chi connectivity index (χ0) is 14.3. The van der Waals surface area contributed by atoms with Crippen LogP contribution in [-0.2, 0) is 9.59 Å². The van der Waals surface area contributed by atoms with Crippen LogP contribution in [0.2, 0.25) is 0 Å². The minimum Gasteiger partial charge on any atom is -0.480 e. The van der Waals surface area contributed by atoms with Gasteiger partial charge >= 0.3 is 5.97 Å². The Morgan fingerprint density at radius 1 is 1.26 bits per heavy atom. The molecule has 0 aromatic rings. The van der Waals surface area contributed by atoms with Crippen LogP contribution in [0, 0.1) is 5.41 Å². The van der Waals surface area contributed by atoms with Crippen LogP contribution in [0.4, 0.5) is 0 Å². The third-order valence-electron chi connectivity index (χ3n) is 4.05. The summed E-state index contributed by atoms with van der Waals surface area (Å²) in [5, 5.41) is 8.87. The summed E-state index contributed by atoms with van der Waals surface area (Å²) in [4.78, 5) is 24.6. The van der Waals surface area contributed by atoms with Crippen molar-refractivity contribution in [1.82, 2.24) is 4.90 Å². The number of carboxylic acids is 1. The Bertz CT molecular complexity index is 312. The van der Waals surface area contributed by atoms with Gasteiger partial charge < -0.3 is 15.7 Å². The number of nitrogens with two attached hydrogens (primary N) is 1. The largest absolute Gasteiger partial charge is 0.480 e. The van der Waals surface area contributed by atoms with Crippen LogP contribution >= 0.6 is 0 Å². The van der Waals surface area contributed by atoms with E-state index in [1.807, 2.05) is 6.92 Å². The number of carboxylic acid groups (broad SMARTS) is 1. The van der Waals surface area contributed by atoms with Crippen molar-refractivity contribution in [3.05, 3.63) is 0 Å². The van der Waals surface area contributed by atoms with Crippen LogP contribution in [-0.4, -0.2) is 41.5 Å². The topological polar surface area (TPSA) is 83.6 Å². The van der Waals surface area contributed by atoms with Gasteiger partial charge in [0.25, 0.3) is 0 Å². The molecule has 0 aromatic heterocycles. The first kappa shape index (κ1) is 16.0. The lowest BCUT2D eigenvalue weighted by Crippen LogP contribution is -2.42. The van der Waals surface area contributed by atoms with Crippen LogP contribution in [0.1, 0.15) is 51.9 Å². The molecule has 3 N–H and O–H groups in total. The minimum atomic E-state index is -0.952. The van der Waals surface area contributed by atoms with E-state index in [-0.39, 0.29) is 17.9 Å². The molecule has 0 aromatic carbocycles. The fourth-order valence-corrected chi connectivity index (χ4v) is 2.91.